The van der Waals surface area contributed by atoms with Gasteiger partial charge in [-0.15, -0.1) is 0 Å². The molecule has 1 amide bonds. The summed E-state index contributed by atoms with van der Waals surface area (Å²) in [6.07, 6.45) is 1.46. The average molecular weight is 385 g/mol. The van der Waals surface area contributed by atoms with Crippen molar-refractivity contribution in [2.75, 3.05) is 18.5 Å². The van der Waals surface area contributed by atoms with E-state index >= 15 is 0 Å². The minimum atomic E-state index is -0.504. The van der Waals surface area contributed by atoms with Gasteiger partial charge in [0.25, 0.3) is 5.91 Å². The highest BCUT2D eigenvalue weighted by atomic mass is 35.5. The first-order valence-electron chi connectivity index (χ1n) is 8.57. The smallest absolute Gasteiger partial charge is 0.266 e. The van der Waals surface area contributed by atoms with Gasteiger partial charge in [-0.25, -0.2) is 0 Å². The number of nitrogens with zero attached hydrogens (tertiary/aromatic N) is 1. The summed E-state index contributed by atoms with van der Waals surface area (Å²) in [6, 6.07) is 12.6. The molecule has 0 unspecified atom stereocenters. The van der Waals surface area contributed by atoms with E-state index < -0.39 is 5.91 Å². The Labute approximate surface area is 164 Å². The monoisotopic (exact) mass is 384 g/mol. The van der Waals surface area contributed by atoms with Gasteiger partial charge in [0.1, 0.15) is 23.1 Å². The van der Waals surface area contributed by atoms with E-state index in [-0.39, 0.29) is 5.57 Å². The van der Waals surface area contributed by atoms with Gasteiger partial charge in [0, 0.05) is 17.3 Å². The molecule has 0 spiro atoms. The third-order valence-electron chi connectivity index (χ3n) is 3.60. The molecule has 0 bridgehead atoms. The van der Waals surface area contributed by atoms with Crippen molar-refractivity contribution >= 4 is 29.3 Å². The molecule has 0 saturated heterocycles. The van der Waals surface area contributed by atoms with Crippen LogP contribution in [-0.2, 0) is 4.79 Å². The van der Waals surface area contributed by atoms with Gasteiger partial charge in [0.15, 0.2) is 0 Å². The molecule has 0 heterocycles. The van der Waals surface area contributed by atoms with Gasteiger partial charge in [-0.2, -0.15) is 5.26 Å². The van der Waals surface area contributed by atoms with Gasteiger partial charge in [-0.1, -0.05) is 23.7 Å². The Morgan fingerprint density at radius 1 is 1.19 bits per heavy atom. The van der Waals surface area contributed by atoms with E-state index in [2.05, 4.69) is 5.32 Å². The zero-order valence-corrected chi connectivity index (χ0v) is 16.3. The highest BCUT2D eigenvalue weighted by Gasteiger charge is 2.14. The normalized spacial score (nSPS) is 10.9. The van der Waals surface area contributed by atoms with E-state index in [9.17, 15) is 10.1 Å². The molecule has 0 aliphatic rings. The van der Waals surface area contributed by atoms with Crippen molar-refractivity contribution in [3.05, 3.63) is 58.1 Å². The summed E-state index contributed by atoms with van der Waals surface area (Å²) in [5, 5.41) is 12.5. The minimum absolute atomic E-state index is 0.0577. The van der Waals surface area contributed by atoms with Crippen molar-refractivity contribution < 1.29 is 14.3 Å². The molecule has 0 atom stereocenters. The standard InChI is InChI=1S/C21H21ClN2O3/c1-4-26-19-12-20(27-5-2)18(22)11-15(19)10-16(13-23)21(25)24-17-8-6-7-14(3)9-17/h6-12H,4-5H2,1-3H3,(H,24,25)/b16-10+. The number of nitriles is 1. The third-order valence-corrected chi connectivity index (χ3v) is 3.90. The Kier molecular flexibility index (Phi) is 7.27. The van der Waals surface area contributed by atoms with Crippen molar-refractivity contribution in [1.82, 2.24) is 0 Å². The molecule has 2 aromatic rings. The molecule has 0 aromatic heterocycles. The second-order valence-electron chi connectivity index (χ2n) is 5.68. The van der Waals surface area contributed by atoms with Crippen LogP contribution in [-0.4, -0.2) is 19.1 Å². The Morgan fingerprint density at radius 2 is 1.89 bits per heavy atom. The van der Waals surface area contributed by atoms with Crippen LogP contribution in [0.3, 0.4) is 0 Å². The summed E-state index contributed by atoms with van der Waals surface area (Å²) in [4.78, 5) is 12.5. The SMILES string of the molecule is CCOc1cc(OCC)c(/C=C(\C#N)C(=O)Nc2cccc(C)c2)cc1Cl. The second-order valence-corrected chi connectivity index (χ2v) is 6.09. The van der Waals surface area contributed by atoms with Crippen LogP contribution in [0.5, 0.6) is 11.5 Å². The highest BCUT2D eigenvalue weighted by molar-refractivity contribution is 6.32. The lowest BCUT2D eigenvalue weighted by atomic mass is 10.1. The number of aryl methyl sites for hydroxylation is 1. The van der Waals surface area contributed by atoms with E-state index in [0.29, 0.717) is 41.0 Å². The van der Waals surface area contributed by atoms with E-state index in [4.69, 9.17) is 21.1 Å². The fraction of sp³-hybridized carbons (Fsp3) is 0.238. The van der Waals surface area contributed by atoms with Crippen molar-refractivity contribution in [2.45, 2.75) is 20.8 Å². The molecule has 0 aliphatic carbocycles. The molecule has 2 aromatic carbocycles. The van der Waals surface area contributed by atoms with Crippen LogP contribution in [0, 0.1) is 18.3 Å². The molecule has 2 rings (SSSR count). The van der Waals surface area contributed by atoms with Crippen LogP contribution in [0.4, 0.5) is 5.69 Å². The molecule has 0 radical (unpaired) electrons. The predicted octanol–water partition coefficient (Wildman–Crippen LogP) is 4.99. The van der Waals surface area contributed by atoms with Crippen LogP contribution in [0.1, 0.15) is 25.0 Å². The summed E-state index contributed by atoms with van der Waals surface area (Å²) in [6.45, 7) is 6.51. The Bertz CT molecular complexity index is 901. The molecular formula is C21H21ClN2O3. The Balaban J connectivity index is 2.36. The van der Waals surface area contributed by atoms with Gasteiger partial charge in [-0.05, 0) is 50.6 Å². The van der Waals surface area contributed by atoms with Gasteiger partial charge in [0.05, 0.1) is 18.2 Å². The lowest BCUT2D eigenvalue weighted by Crippen LogP contribution is -2.13. The molecule has 0 saturated carbocycles. The van der Waals surface area contributed by atoms with E-state index in [1.54, 1.807) is 18.2 Å². The number of rotatable bonds is 7. The summed E-state index contributed by atoms with van der Waals surface area (Å²) in [5.41, 5.74) is 2.10. The predicted molar refractivity (Wildman–Crippen MR) is 107 cm³/mol. The van der Waals surface area contributed by atoms with Gasteiger partial charge < -0.3 is 14.8 Å². The van der Waals surface area contributed by atoms with Gasteiger partial charge >= 0.3 is 0 Å². The van der Waals surface area contributed by atoms with Crippen LogP contribution >= 0.6 is 11.6 Å². The lowest BCUT2D eigenvalue weighted by molar-refractivity contribution is -0.112. The zero-order valence-electron chi connectivity index (χ0n) is 15.5. The Hall–Kier alpha value is -2.97. The summed E-state index contributed by atoms with van der Waals surface area (Å²) < 4.78 is 11.1. The number of anilines is 1. The largest absolute Gasteiger partial charge is 0.493 e. The topological polar surface area (TPSA) is 71.3 Å². The molecule has 27 heavy (non-hydrogen) atoms. The number of hydrogen-bond acceptors (Lipinski definition) is 4. The molecule has 5 nitrogen and oxygen atoms in total. The zero-order chi connectivity index (χ0) is 19.8. The van der Waals surface area contributed by atoms with Crippen molar-refractivity contribution in [3.8, 4) is 17.6 Å². The number of nitrogens with one attached hydrogen (secondary N) is 1. The minimum Gasteiger partial charge on any atom is -0.493 e. The maximum absolute atomic E-state index is 12.5. The maximum atomic E-state index is 12.5. The van der Waals surface area contributed by atoms with Crippen molar-refractivity contribution in [1.29, 1.82) is 5.26 Å². The number of carbonyl (C=O) groups is 1. The van der Waals surface area contributed by atoms with E-state index in [1.165, 1.54) is 6.08 Å². The van der Waals surface area contributed by atoms with Gasteiger partial charge in [-0.3, -0.25) is 4.79 Å². The van der Waals surface area contributed by atoms with Gasteiger partial charge in [0.2, 0.25) is 0 Å². The number of amides is 1. The van der Waals surface area contributed by atoms with E-state index in [1.807, 2.05) is 45.0 Å². The summed E-state index contributed by atoms with van der Waals surface area (Å²) in [5.74, 6) is 0.472. The Morgan fingerprint density at radius 3 is 2.52 bits per heavy atom. The fourth-order valence-corrected chi connectivity index (χ4v) is 2.66. The molecule has 1 N–H and O–H groups in total. The van der Waals surface area contributed by atoms with E-state index in [0.717, 1.165) is 5.56 Å². The first-order chi connectivity index (χ1) is 13.0. The molecule has 0 aliphatic heterocycles. The molecular weight excluding hydrogens is 364 g/mol. The fourth-order valence-electron chi connectivity index (χ4n) is 2.43. The van der Waals surface area contributed by atoms with Crippen LogP contribution < -0.4 is 14.8 Å². The quantitative estimate of drug-likeness (QED) is 0.539. The number of ether oxygens (including phenoxy) is 2. The van der Waals surface area contributed by atoms with Crippen LogP contribution in [0.25, 0.3) is 6.08 Å². The van der Waals surface area contributed by atoms with Crippen molar-refractivity contribution in [3.63, 3.8) is 0 Å². The molecule has 0 fully saturated rings. The molecule has 6 heteroatoms. The first kappa shape index (κ1) is 20.3. The lowest BCUT2D eigenvalue weighted by Gasteiger charge is -2.12. The number of halogens is 1. The average Bonchev–Trinajstić information content (AvgIpc) is 2.63. The maximum Gasteiger partial charge on any atom is 0.266 e. The summed E-state index contributed by atoms with van der Waals surface area (Å²) >= 11 is 6.24. The summed E-state index contributed by atoms with van der Waals surface area (Å²) in [7, 11) is 0. The van der Waals surface area contributed by atoms with Crippen LogP contribution in [0.2, 0.25) is 5.02 Å². The third kappa shape index (κ3) is 5.50. The highest BCUT2D eigenvalue weighted by Crippen LogP contribution is 2.34. The van der Waals surface area contributed by atoms with Crippen LogP contribution in [0.15, 0.2) is 42.0 Å². The van der Waals surface area contributed by atoms with Crippen molar-refractivity contribution in [2.24, 2.45) is 0 Å². The second kappa shape index (κ2) is 9.65. The first-order valence-corrected chi connectivity index (χ1v) is 8.95. The number of benzene rings is 2. The number of carbonyl (C=O) groups excluding carboxylic acids is 1. The molecule has 140 valence electrons. The number of hydrogen-bond donors (Lipinski definition) is 1.